The number of aromatic nitrogens is 2. The van der Waals surface area contributed by atoms with Gasteiger partial charge in [-0.1, -0.05) is 157 Å². The summed E-state index contributed by atoms with van der Waals surface area (Å²) >= 11 is 12.7. The molecule has 42 heavy (non-hydrogen) atoms. The van der Waals surface area contributed by atoms with Gasteiger partial charge in [0.2, 0.25) is 0 Å². The van der Waals surface area contributed by atoms with Gasteiger partial charge in [-0.3, -0.25) is 0 Å². The fourth-order valence-electron chi connectivity index (χ4n) is 6.01. The first-order valence-electron chi connectivity index (χ1n) is 14.0. The molecule has 0 unspecified atom stereocenters. The summed E-state index contributed by atoms with van der Waals surface area (Å²) in [4.78, 5) is 0. The summed E-state index contributed by atoms with van der Waals surface area (Å²) in [6.07, 6.45) is 4.53. The highest BCUT2D eigenvalue weighted by atomic mass is 35.5. The lowest BCUT2D eigenvalue weighted by Gasteiger charge is -2.44. The smallest absolute Gasteiger partial charge is 0.267 e. The number of nitrogens with zero attached hydrogens (tertiary/aromatic N) is 2. The largest absolute Gasteiger partial charge is 0.300 e. The fourth-order valence-corrected chi connectivity index (χ4v) is 6.74. The Morgan fingerprint density at radius 2 is 0.833 bits per heavy atom. The predicted molar refractivity (Wildman–Crippen MR) is 179 cm³/mol. The summed E-state index contributed by atoms with van der Waals surface area (Å²) in [6, 6.07) is 55.2. The molecule has 0 radical (unpaired) electrons. The van der Waals surface area contributed by atoms with E-state index in [0.29, 0.717) is 10.2 Å². The average Bonchev–Trinajstić information content (AvgIpc) is 3.33. The molecule has 0 saturated carbocycles. The fraction of sp³-hybridized carbons (Fsp3) is 0. The average molecular weight is 583 g/mol. The first-order chi connectivity index (χ1) is 20.7. The van der Waals surface area contributed by atoms with E-state index in [1.807, 2.05) is 64.0 Å². The van der Waals surface area contributed by atoms with Gasteiger partial charge < -0.3 is 4.40 Å². The lowest BCUT2D eigenvalue weighted by atomic mass is 9.13. The Morgan fingerprint density at radius 1 is 0.452 bits per heavy atom. The molecule has 0 spiro atoms. The van der Waals surface area contributed by atoms with Crippen LogP contribution in [0.5, 0.6) is 0 Å². The van der Waals surface area contributed by atoms with E-state index in [1.165, 1.54) is 21.9 Å². The molecule has 0 aliphatic rings. The maximum Gasteiger partial charge on any atom is 0.267 e. The van der Waals surface area contributed by atoms with Gasteiger partial charge in [-0.05, 0) is 12.1 Å². The van der Waals surface area contributed by atoms with E-state index in [9.17, 15) is 0 Å². The van der Waals surface area contributed by atoms with Crippen molar-refractivity contribution in [1.82, 2.24) is 4.40 Å². The molecule has 0 amide bonds. The van der Waals surface area contributed by atoms with Gasteiger partial charge >= 0.3 is 0 Å². The molecule has 0 N–H and O–H groups in total. The maximum atomic E-state index is 6.37. The zero-order chi connectivity index (χ0) is 28.8. The topological polar surface area (TPSA) is 8.29 Å². The third kappa shape index (κ3) is 5.14. The number of benzene rings is 4. The summed E-state index contributed by atoms with van der Waals surface area (Å²) in [5.74, 6) is 0. The van der Waals surface area contributed by atoms with Crippen LogP contribution < -0.4 is 26.4 Å². The van der Waals surface area contributed by atoms with Gasteiger partial charge in [0.25, 0.3) is 5.69 Å². The molecule has 0 aliphatic carbocycles. The number of hydrogen-bond acceptors (Lipinski definition) is 0. The molecular formula is C37H29BCl2N2. The lowest BCUT2D eigenvalue weighted by Crippen LogP contribution is -2.74. The minimum atomic E-state index is -1.22. The van der Waals surface area contributed by atoms with Crippen LogP contribution in [0, 0.1) is 0 Å². The molecular weight excluding hydrogens is 554 g/mol. The number of halogens is 2. The molecule has 7 rings (SSSR count). The molecule has 0 saturated heterocycles. The zero-order valence-electron chi connectivity index (χ0n) is 23.0. The van der Waals surface area contributed by atoms with Crippen LogP contribution in [0.3, 0.4) is 0 Å². The summed E-state index contributed by atoms with van der Waals surface area (Å²) in [7, 11) is 0. The molecule has 2 nitrogen and oxygen atoms in total. The minimum Gasteiger partial charge on any atom is -0.300 e. The maximum absolute atomic E-state index is 6.37. The van der Waals surface area contributed by atoms with Gasteiger partial charge in [0.05, 0.1) is 5.52 Å². The molecule has 0 atom stereocenters. The molecule has 4 aromatic carbocycles. The molecule has 3 heterocycles. The first-order valence-corrected chi connectivity index (χ1v) is 14.7. The van der Waals surface area contributed by atoms with E-state index in [1.54, 1.807) is 0 Å². The Labute approximate surface area is 257 Å². The van der Waals surface area contributed by atoms with Crippen LogP contribution in [-0.4, -0.2) is 10.5 Å². The molecule has 0 bridgehead atoms. The van der Waals surface area contributed by atoms with Crippen molar-refractivity contribution in [3.63, 3.8) is 0 Å². The van der Waals surface area contributed by atoms with E-state index < -0.39 is 6.15 Å². The van der Waals surface area contributed by atoms with Gasteiger partial charge in [0.15, 0.2) is 17.5 Å². The van der Waals surface area contributed by atoms with E-state index >= 15 is 0 Å². The molecule has 5 heteroatoms. The van der Waals surface area contributed by atoms with Gasteiger partial charge in [-0.15, -0.1) is 0 Å². The van der Waals surface area contributed by atoms with Gasteiger partial charge in [0.1, 0.15) is 11.2 Å². The highest BCUT2D eigenvalue weighted by Crippen LogP contribution is 2.31. The summed E-state index contributed by atoms with van der Waals surface area (Å²) < 4.78 is 3.79. The molecule has 3 aromatic heterocycles. The van der Waals surface area contributed by atoms with Gasteiger partial charge in [-0.25, -0.2) is 0 Å². The van der Waals surface area contributed by atoms with Crippen LogP contribution in [0.25, 0.3) is 11.2 Å². The van der Waals surface area contributed by atoms with Crippen molar-refractivity contribution in [3.8, 4) is 5.69 Å². The molecule has 0 aliphatic heterocycles. The van der Waals surface area contributed by atoms with Crippen molar-refractivity contribution in [2.24, 2.45) is 0 Å². The van der Waals surface area contributed by atoms with Crippen LogP contribution >= 0.6 is 23.2 Å². The Bertz CT molecular complexity index is 1670. The van der Waals surface area contributed by atoms with Crippen molar-refractivity contribution in [3.05, 3.63) is 186 Å². The van der Waals surface area contributed by atoms with Crippen molar-refractivity contribution in [2.45, 2.75) is 0 Å². The standard InChI is InChI=1S/C24H20B.C13H9Cl2N2/c1-5-13-21(14-6-1)25(22-15-7-2-8-16-22,23-17-9-3-10-18-23)24-19-11-4-12-20-24;14-11-10-6-2-5-9-17(10)13(15)12(11)16-7-3-1-4-8-16/h1-20H;1-9H/q-1;+1. The Kier molecular flexibility index (Phi) is 8.23. The second-order valence-corrected chi connectivity index (χ2v) is 10.9. The molecule has 204 valence electrons. The van der Waals surface area contributed by atoms with Crippen molar-refractivity contribution >= 4 is 56.7 Å². The number of rotatable bonds is 5. The zero-order valence-corrected chi connectivity index (χ0v) is 24.5. The minimum absolute atomic E-state index is 0.613. The van der Waals surface area contributed by atoms with Gasteiger partial charge in [-0.2, -0.15) is 26.4 Å². The quantitative estimate of drug-likeness (QED) is 0.160. The highest BCUT2D eigenvalue weighted by Gasteiger charge is 2.31. The third-order valence-electron chi connectivity index (χ3n) is 7.87. The molecule has 0 fully saturated rings. The number of pyridine rings is 2. The van der Waals surface area contributed by atoms with Crippen molar-refractivity contribution in [2.75, 3.05) is 0 Å². The summed E-state index contributed by atoms with van der Waals surface area (Å²) in [6.45, 7) is 0. The van der Waals surface area contributed by atoms with Crippen LogP contribution in [0.1, 0.15) is 0 Å². The van der Waals surface area contributed by atoms with Crippen LogP contribution in [0.15, 0.2) is 176 Å². The Morgan fingerprint density at radius 3 is 1.24 bits per heavy atom. The third-order valence-corrected chi connectivity index (χ3v) is 8.61. The second-order valence-electron chi connectivity index (χ2n) is 10.2. The van der Waals surface area contributed by atoms with Crippen LogP contribution in [-0.2, 0) is 0 Å². The monoisotopic (exact) mass is 582 g/mol. The van der Waals surface area contributed by atoms with E-state index in [0.717, 1.165) is 11.2 Å². The highest BCUT2D eigenvalue weighted by molar-refractivity contribution is 7.19. The van der Waals surface area contributed by atoms with Crippen molar-refractivity contribution < 1.29 is 4.57 Å². The first kappa shape index (κ1) is 27.6. The summed E-state index contributed by atoms with van der Waals surface area (Å²) in [5, 5.41) is 1.27. The van der Waals surface area contributed by atoms with E-state index in [-0.39, 0.29) is 0 Å². The van der Waals surface area contributed by atoms with Crippen molar-refractivity contribution in [1.29, 1.82) is 0 Å². The lowest BCUT2D eigenvalue weighted by molar-refractivity contribution is -0.595. The molecule has 7 aromatic rings. The number of fused-ring (bicyclic) bond motifs is 1. The van der Waals surface area contributed by atoms with Crippen LogP contribution in [0.4, 0.5) is 0 Å². The Balaban J connectivity index is 0.000000162. The van der Waals surface area contributed by atoms with E-state index in [2.05, 4.69) is 121 Å². The Hall–Kier alpha value is -4.57. The van der Waals surface area contributed by atoms with Gasteiger partial charge in [0, 0.05) is 18.3 Å². The summed E-state index contributed by atoms with van der Waals surface area (Å²) in [5.41, 5.74) is 7.07. The second kappa shape index (κ2) is 12.5. The number of hydrogen-bond donors (Lipinski definition) is 0. The predicted octanol–water partition coefficient (Wildman–Crippen LogP) is 6.59. The van der Waals surface area contributed by atoms with Crippen LogP contribution in [0.2, 0.25) is 10.2 Å². The van der Waals surface area contributed by atoms with E-state index in [4.69, 9.17) is 23.2 Å². The normalized spacial score (nSPS) is 11.1. The SMILES string of the molecule is Clc1c(-[n+]2ccccc2)c(Cl)n2ccccc12.c1ccc([B-](c2ccccc2)(c2ccccc2)c2ccccc2)cc1.